The van der Waals surface area contributed by atoms with Gasteiger partial charge in [-0.3, -0.25) is 14.4 Å². The molecule has 2 saturated carbocycles. The zero-order chi connectivity index (χ0) is 34.9. The van der Waals surface area contributed by atoms with Crippen LogP contribution in [0, 0.1) is 16.7 Å². The van der Waals surface area contributed by atoms with Gasteiger partial charge in [0.2, 0.25) is 0 Å². The lowest BCUT2D eigenvalue weighted by atomic mass is 9.44. The highest BCUT2D eigenvalue weighted by molar-refractivity contribution is 5.95. The highest BCUT2D eigenvalue weighted by Crippen LogP contribution is 2.64. The minimum Gasteiger partial charge on any atom is -0.456 e. The predicted molar refractivity (Wildman–Crippen MR) is 160 cm³/mol. The van der Waals surface area contributed by atoms with E-state index in [0.717, 1.165) is 6.92 Å². The SMILES string of the molecule is CC(=O)OC1C(=O)C2(C)C(O)CC3OCC3(OC(C)=O)C2C(OC(=O)c2ccccc2)C2(O)CC(OC(=O)C(C)O)C(C)=C1C2(C)C. The van der Waals surface area contributed by atoms with Gasteiger partial charge in [0.15, 0.2) is 17.5 Å². The van der Waals surface area contributed by atoms with Crippen LogP contribution in [0.1, 0.15) is 71.7 Å². The molecule has 0 radical (unpaired) electrons. The Bertz CT molecular complexity index is 1510. The van der Waals surface area contributed by atoms with Gasteiger partial charge >= 0.3 is 23.9 Å². The normalized spacial score (nSPS) is 37.9. The fourth-order valence-corrected chi connectivity index (χ4v) is 8.26. The average Bonchev–Trinajstić information content (AvgIpc) is 2.98. The van der Waals surface area contributed by atoms with Gasteiger partial charge in [0.25, 0.3) is 0 Å². The molecule has 3 N–H and O–H groups in total. The first-order valence-corrected chi connectivity index (χ1v) is 15.6. The van der Waals surface area contributed by atoms with Crippen molar-refractivity contribution >= 4 is 29.7 Å². The maximum atomic E-state index is 15.1. The molecular formula is C34H42O13. The summed E-state index contributed by atoms with van der Waals surface area (Å²) in [6.07, 6.45) is -9.27. The van der Waals surface area contributed by atoms with E-state index in [1.807, 2.05) is 0 Å². The summed E-state index contributed by atoms with van der Waals surface area (Å²) in [7, 11) is 0. The molecule has 47 heavy (non-hydrogen) atoms. The van der Waals surface area contributed by atoms with E-state index in [9.17, 15) is 34.5 Å². The molecule has 1 aliphatic heterocycles. The Morgan fingerprint density at radius 2 is 1.64 bits per heavy atom. The standard InChI is InChI=1S/C34H42O13/c1-16-21(45-29(40)17(2)35)14-34(42)28(46-30(41)20-11-9-8-10-12-20)26-32(7,22(38)13-23-33(26,15-43-23)47-19(4)37)27(39)25(44-18(3)36)24(16)31(34,5)6/h8-12,17,21-23,25-26,28,35,38,42H,13-15H2,1-7H3. The van der Waals surface area contributed by atoms with Crippen LogP contribution in [-0.2, 0) is 42.9 Å². The van der Waals surface area contributed by atoms with E-state index in [0.29, 0.717) is 0 Å². The van der Waals surface area contributed by atoms with Gasteiger partial charge in [0, 0.05) is 32.1 Å². The Hall–Kier alpha value is -3.65. The lowest BCUT2D eigenvalue weighted by molar-refractivity contribution is -0.346. The fourth-order valence-electron chi connectivity index (χ4n) is 8.26. The second kappa shape index (κ2) is 11.8. The van der Waals surface area contributed by atoms with Crippen molar-refractivity contribution in [3.8, 4) is 0 Å². The number of ketones is 1. The molecule has 5 rings (SSSR count). The monoisotopic (exact) mass is 658 g/mol. The summed E-state index contributed by atoms with van der Waals surface area (Å²) in [4.78, 5) is 67.0. The molecule has 2 bridgehead atoms. The number of Topliss-reactive ketones (excluding diaryl/α,β-unsaturated/α-hetero) is 1. The molecule has 1 heterocycles. The van der Waals surface area contributed by atoms with Gasteiger partial charge in [-0.15, -0.1) is 0 Å². The van der Waals surface area contributed by atoms with Crippen LogP contribution in [-0.4, -0.2) is 99.4 Å². The number of aliphatic hydroxyl groups is 3. The number of rotatable bonds is 6. The number of hydrogen-bond acceptors (Lipinski definition) is 13. The van der Waals surface area contributed by atoms with E-state index < -0.39 is 101 Å². The smallest absolute Gasteiger partial charge is 0.338 e. The second-order valence-electron chi connectivity index (χ2n) is 13.9. The molecule has 0 amide bonds. The molecule has 1 aromatic rings. The van der Waals surface area contributed by atoms with Crippen LogP contribution in [0.2, 0.25) is 0 Å². The van der Waals surface area contributed by atoms with Gasteiger partial charge in [-0.25, -0.2) is 9.59 Å². The van der Waals surface area contributed by atoms with E-state index >= 15 is 4.79 Å². The maximum absolute atomic E-state index is 15.1. The van der Waals surface area contributed by atoms with Crippen molar-refractivity contribution in [2.45, 2.75) is 109 Å². The van der Waals surface area contributed by atoms with Crippen molar-refractivity contribution in [1.82, 2.24) is 0 Å². The Balaban J connectivity index is 1.85. The topological polar surface area (TPSA) is 192 Å². The quantitative estimate of drug-likeness (QED) is 0.227. The van der Waals surface area contributed by atoms with Crippen molar-refractivity contribution < 1.29 is 63.0 Å². The summed E-state index contributed by atoms with van der Waals surface area (Å²) in [6.45, 7) is 9.36. The molecular weight excluding hydrogens is 616 g/mol. The highest BCUT2D eigenvalue weighted by Gasteiger charge is 2.78. The third kappa shape index (κ3) is 5.18. The maximum Gasteiger partial charge on any atom is 0.338 e. The second-order valence-corrected chi connectivity index (χ2v) is 13.9. The van der Waals surface area contributed by atoms with Gasteiger partial charge in [-0.2, -0.15) is 0 Å². The number of aliphatic hydroxyl groups excluding tert-OH is 2. The predicted octanol–water partition coefficient (Wildman–Crippen LogP) is 1.58. The number of esters is 4. The first-order valence-electron chi connectivity index (χ1n) is 15.6. The Kier molecular flexibility index (Phi) is 8.70. The molecule has 3 aliphatic carbocycles. The van der Waals surface area contributed by atoms with Gasteiger partial charge in [0.05, 0.1) is 29.6 Å². The molecule has 0 spiro atoms. The van der Waals surface area contributed by atoms with Crippen LogP contribution in [0.3, 0.4) is 0 Å². The third-order valence-electron chi connectivity index (χ3n) is 10.8. The average molecular weight is 659 g/mol. The van der Waals surface area contributed by atoms with Crippen LogP contribution in [0.25, 0.3) is 0 Å². The number of carbonyl (C=O) groups excluding carboxylic acids is 5. The van der Waals surface area contributed by atoms with Crippen molar-refractivity contribution in [1.29, 1.82) is 0 Å². The van der Waals surface area contributed by atoms with E-state index in [2.05, 4.69) is 0 Å². The lowest BCUT2D eigenvalue weighted by Gasteiger charge is -2.67. The lowest BCUT2D eigenvalue weighted by Crippen LogP contribution is -2.82. The van der Waals surface area contributed by atoms with Crippen molar-refractivity contribution in [3.63, 3.8) is 0 Å². The van der Waals surface area contributed by atoms with Gasteiger partial charge in [-0.1, -0.05) is 32.0 Å². The number of hydrogen-bond donors (Lipinski definition) is 3. The Morgan fingerprint density at radius 3 is 2.17 bits per heavy atom. The minimum absolute atomic E-state index is 0.0796. The highest BCUT2D eigenvalue weighted by atomic mass is 16.6. The van der Waals surface area contributed by atoms with Crippen LogP contribution < -0.4 is 0 Å². The summed E-state index contributed by atoms with van der Waals surface area (Å²) >= 11 is 0. The van der Waals surface area contributed by atoms with Crippen LogP contribution in [0.15, 0.2) is 41.5 Å². The summed E-state index contributed by atoms with van der Waals surface area (Å²) in [5.41, 5.74) is -6.97. The van der Waals surface area contributed by atoms with Crippen molar-refractivity contribution in [3.05, 3.63) is 47.0 Å². The molecule has 256 valence electrons. The van der Waals surface area contributed by atoms with Gasteiger partial charge < -0.3 is 39.0 Å². The zero-order valence-electron chi connectivity index (χ0n) is 27.5. The molecule has 0 aromatic heterocycles. The van der Waals surface area contributed by atoms with Crippen molar-refractivity contribution in [2.24, 2.45) is 16.7 Å². The molecule has 13 nitrogen and oxygen atoms in total. The van der Waals surface area contributed by atoms with Crippen molar-refractivity contribution in [2.75, 3.05) is 6.61 Å². The zero-order valence-corrected chi connectivity index (χ0v) is 27.5. The fraction of sp³-hybridized carbons (Fsp3) is 0.618. The van der Waals surface area contributed by atoms with E-state index in [4.69, 9.17) is 23.7 Å². The summed E-state index contributed by atoms with van der Waals surface area (Å²) in [5, 5.41) is 35.0. The molecule has 1 saturated heterocycles. The largest absolute Gasteiger partial charge is 0.456 e. The summed E-state index contributed by atoms with van der Waals surface area (Å²) < 4.78 is 29.4. The van der Waals surface area contributed by atoms with Crippen LogP contribution in [0.5, 0.6) is 0 Å². The third-order valence-corrected chi connectivity index (χ3v) is 10.8. The van der Waals surface area contributed by atoms with Crippen LogP contribution >= 0.6 is 0 Å². The van der Waals surface area contributed by atoms with Gasteiger partial charge in [-0.05, 0) is 44.1 Å². The Labute approximate surface area is 272 Å². The molecule has 13 heteroatoms. The minimum atomic E-state index is -2.24. The van der Waals surface area contributed by atoms with E-state index in [1.54, 1.807) is 39.0 Å². The summed E-state index contributed by atoms with van der Waals surface area (Å²) in [5.74, 6) is -5.75. The van der Waals surface area contributed by atoms with E-state index in [1.165, 1.54) is 32.9 Å². The first-order chi connectivity index (χ1) is 21.8. The number of benzene rings is 1. The molecule has 3 fully saturated rings. The van der Waals surface area contributed by atoms with Gasteiger partial charge in [0.1, 0.15) is 30.0 Å². The molecule has 10 atom stereocenters. The Morgan fingerprint density at radius 1 is 1.00 bits per heavy atom. The number of carbonyl (C=O) groups is 5. The molecule has 1 aromatic carbocycles. The molecule has 10 unspecified atom stereocenters. The number of fused-ring (bicyclic) bond motifs is 5. The first kappa shape index (κ1) is 34.7. The molecule has 4 aliphatic rings. The summed E-state index contributed by atoms with van der Waals surface area (Å²) in [6, 6.07) is 7.92. The van der Waals surface area contributed by atoms with Crippen LogP contribution in [0.4, 0.5) is 0 Å². The number of ether oxygens (including phenoxy) is 5. The van der Waals surface area contributed by atoms with E-state index in [-0.39, 0.29) is 29.7 Å².